The van der Waals surface area contributed by atoms with E-state index in [0.717, 1.165) is 6.42 Å². The monoisotopic (exact) mass is 244 g/mol. The summed E-state index contributed by atoms with van der Waals surface area (Å²) in [4.78, 5) is 24.1. The third-order valence-electron chi connectivity index (χ3n) is 2.77. The Balaban J connectivity index is 2.23. The number of amides is 1. The molecule has 0 aliphatic carbocycles. The Morgan fingerprint density at radius 1 is 1.53 bits per heavy atom. The Hall–Kier alpha value is -1.14. The molecule has 0 bridgehead atoms. The van der Waals surface area contributed by atoms with Crippen LogP contribution in [0.1, 0.15) is 19.8 Å². The van der Waals surface area contributed by atoms with Gasteiger partial charge in [0, 0.05) is 13.2 Å². The van der Waals surface area contributed by atoms with Gasteiger partial charge in [-0.1, -0.05) is 0 Å². The van der Waals surface area contributed by atoms with E-state index in [4.69, 9.17) is 9.84 Å². The molecular weight excluding hydrogens is 224 g/mol. The standard InChI is InChI=1S/C11H20N2O4/c1-2-17-7-5-12-10(14)8-13-6-3-4-9(13)11(15)16/h9H,2-8H2,1H3,(H,12,14)(H,15,16)/t9-/m0/s1. The maximum Gasteiger partial charge on any atom is 0.320 e. The normalized spacial score (nSPS) is 20.4. The van der Waals surface area contributed by atoms with Gasteiger partial charge in [0.05, 0.1) is 13.2 Å². The second kappa shape index (κ2) is 7.24. The molecule has 0 aromatic carbocycles. The van der Waals surface area contributed by atoms with Gasteiger partial charge in [-0.3, -0.25) is 14.5 Å². The molecule has 0 saturated carbocycles. The first kappa shape index (κ1) is 13.9. The highest BCUT2D eigenvalue weighted by molar-refractivity contribution is 5.80. The van der Waals surface area contributed by atoms with Gasteiger partial charge in [0.1, 0.15) is 6.04 Å². The molecule has 1 heterocycles. The zero-order valence-corrected chi connectivity index (χ0v) is 10.1. The van der Waals surface area contributed by atoms with Crippen LogP contribution >= 0.6 is 0 Å². The number of nitrogens with one attached hydrogen (secondary N) is 1. The number of hydrogen-bond donors (Lipinski definition) is 2. The lowest BCUT2D eigenvalue weighted by Crippen LogP contribution is -2.43. The highest BCUT2D eigenvalue weighted by Gasteiger charge is 2.31. The number of ether oxygens (including phenoxy) is 1. The van der Waals surface area contributed by atoms with E-state index in [1.54, 1.807) is 4.90 Å². The highest BCUT2D eigenvalue weighted by Crippen LogP contribution is 2.16. The minimum atomic E-state index is -0.843. The number of carbonyl (C=O) groups excluding carboxylic acids is 1. The molecule has 98 valence electrons. The van der Waals surface area contributed by atoms with Gasteiger partial charge in [0.2, 0.25) is 5.91 Å². The van der Waals surface area contributed by atoms with Crippen LogP contribution < -0.4 is 5.32 Å². The molecule has 17 heavy (non-hydrogen) atoms. The van der Waals surface area contributed by atoms with Crippen molar-refractivity contribution in [3.63, 3.8) is 0 Å². The van der Waals surface area contributed by atoms with Crippen LogP contribution in [0, 0.1) is 0 Å². The van der Waals surface area contributed by atoms with Crippen LogP contribution in [0.2, 0.25) is 0 Å². The summed E-state index contributed by atoms with van der Waals surface area (Å²) in [5.41, 5.74) is 0. The number of nitrogens with zero attached hydrogens (tertiary/aromatic N) is 1. The van der Waals surface area contributed by atoms with Gasteiger partial charge in [0.15, 0.2) is 0 Å². The first-order chi connectivity index (χ1) is 8.15. The highest BCUT2D eigenvalue weighted by atomic mass is 16.5. The van der Waals surface area contributed by atoms with E-state index >= 15 is 0 Å². The number of aliphatic carboxylic acids is 1. The Bertz CT molecular complexity index is 270. The Labute approximate surface area is 101 Å². The minimum Gasteiger partial charge on any atom is -0.480 e. The number of rotatable bonds is 7. The molecule has 0 spiro atoms. The van der Waals surface area contributed by atoms with Crippen LogP contribution in [0.25, 0.3) is 0 Å². The molecule has 6 heteroatoms. The number of carbonyl (C=O) groups is 2. The molecule has 2 N–H and O–H groups in total. The third-order valence-corrected chi connectivity index (χ3v) is 2.77. The topological polar surface area (TPSA) is 78.9 Å². The van der Waals surface area contributed by atoms with Crippen LogP contribution in [0.4, 0.5) is 0 Å². The first-order valence-electron chi connectivity index (χ1n) is 5.96. The van der Waals surface area contributed by atoms with Gasteiger partial charge >= 0.3 is 5.97 Å². The van der Waals surface area contributed by atoms with Crippen molar-refractivity contribution in [2.24, 2.45) is 0 Å². The smallest absolute Gasteiger partial charge is 0.320 e. The van der Waals surface area contributed by atoms with Crippen molar-refractivity contribution >= 4 is 11.9 Å². The van der Waals surface area contributed by atoms with Crippen LogP contribution in [0.15, 0.2) is 0 Å². The zero-order valence-electron chi connectivity index (χ0n) is 10.1. The summed E-state index contributed by atoms with van der Waals surface area (Å²) in [6.07, 6.45) is 1.46. The van der Waals surface area contributed by atoms with E-state index in [1.807, 2.05) is 6.92 Å². The average molecular weight is 244 g/mol. The van der Waals surface area contributed by atoms with Crippen molar-refractivity contribution in [3.8, 4) is 0 Å². The van der Waals surface area contributed by atoms with Crippen molar-refractivity contribution in [2.75, 3.05) is 32.8 Å². The molecular formula is C11H20N2O4. The summed E-state index contributed by atoms with van der Waals surface area (Å²) in [7, 11) is 0. The van der Waals surface area contributed by atoms with Crippen LogP contribution in [0.5, 0.6) is 0 Å². The van der Waals surface area contributed by atoms with E-state index < -0.39 is 12.0 Å². The summed E-state index contributed by atoms with van der Waals surface area (Å²) in [6, 6.07) is -0.507. The number of carboxylic acid groups (broad SMARTS) is 1. The molecule has 0 aromatic rings. The number of hydrogen-bond acceptors (Lipinski definition) is 4. The van der Waals surface area contributed by atoms with Gasteiger partial charge in [-0.25, -0.2) is 0 Å². The van der Waals surface area contributed by atoms with E-state index in [9.17, 15) is 9.59 Å². The second-order valence-corrected chi connectivity index (χ2v) is 4.01. The number of likely N-dealkylation sites (tertiary alicyclic amines) is 1. The Morgan fingerprint density at radius 3 is 2.94 bits per heavy atom. The second-order valence-electron chi connectivity index (χ2n) is 4.01. The zero-order chi connectivity index (χ0) is 12.7. The van der Waals surface area contributed by atoms with Gasteiger partial charge in [-0.05, 0) is 26.3 Å². The van der Waals surface area contributed by atoms with Gasteiger partial charge in [-0.15, -0.1) is 0 Å². The lowest BCUT2D eigenvalue weighted by atomic mass is 10.2. The molecule has 1 atom stereocenters. The minimum absolute atomic E-state index is 0.141. The first-order valence-corrected chi connectivity index (χ1v) is 5.96. The molecule has 6 nitrogen and oxygen atoms in total. The van der Waals surface area contributed by atoms with Crippen LogP contribution in [0.3, 0.4) is 0 Å². The molecule has 0 aromatic heterocycles. The fourth-order valence-corrected chi connectivity index (χ4v) is 1.94. The molecule has 0 unspecified atom stereocenters. The molecule has 1 saturated heterocycles. The Morgan fingerprint density at radius 2 is 2.29 bits per heavy atom. The van der Waals surface area contributed by atoms with E-state index in [-0.39, 0.29) is 12.5 Å². The third kappa shape index (κ3) is 4.70. The van der Waals surface area contributed by atoms with Crippen molar-refractivity contribution in [1.29, 1.82) is 0 Å². The summed E-state index contributed by atoms with van der Waals surface area (Å²) in [6.45, 7) is 4.31. The van der Waals surface area contributed by atoms with E-state index in [2.05, 4.69) is 5.32 Å². The maximum atomic E-state index is 11.5. The molecule has 1 aliphatic rings. The van der Waals surface area contributed by atoms with Crippen LogP contribution in [-0.2, 0) is 14.3 Å². The van der Waals surface area contributed by atoms with Gasteiger partial charge < -0.3 is 15.2 Å². The largest absolute Gasteiger partial charge is 0.480 e. The maximum absolute atomic E-state index is 11.5. The fourth-order valence-electron chi connectivity index (χ4n) is 1.94. The van der Waals surface area contributed by atoms with Crippen LogP contribution in [-0.4, -0.2) is 60.8 Å². The van der Waals surface area contributed by atoms with E-state index in [0.29, 0.717) is 32.7 Å². The Kier molecular flexibility index (Phi) is 5.93. The quantitative estimate of drug-likeness (QED) is 0.600. The van der Waals surface area contributed by atoms with Gasteiger partial charge in [0.25, 0.3) is 0 Å². The van der Waals surface area contributed by atoms with Crippen molar-refractivity contribution in [2.45, 2.75) is 25.8 Å². The summed E-state index contributed by atoms with van der Waals surface area (Å²) in [5.74, 6) is -0.984. The fraction of sp³-hybridized carbons (Fsp3) is 0.818. The lowest BCUT2D eigenvalue weighted by Gasteiger charge is -2.20. The van der Waals surface area contributed by atoms with E-state index in [1.165, 1.54) is 0 Å². The van der Waals surface area contributed by atoms with Crippen molar-refractivity contribution < 1.29 is 19.4 Å². The van der Waals surface area contributed by atoms with Crippen molar-refractivity contribution in [3.05, 3.63) is 0 Å². The molecule has 0 radical (unpaired) electrons. The predicted octanol–water partition coefficient (Wildman–Crippen LogP) is -0.312. The summed E-state index contributed by atoms with van der Waals surface area (Å²) in [5, 5.41) is 11.7. The summed E-state index contributed by atoms with van der Waals surface area (Å²) >= 11 is 0. The predicted molar refractivity (Wildman–Crippen MR) is 61.7 cm³/mol. The molecule has 1 aliphatic heterocycles. The lowest BCUT2D eigenvalue weighted by molar-refractivity contribution is -0.142. The average Bonchev–Trinajstić information content (AvgIpc) is 2.72. The van der Waals surface area contributed by atoms with Crippen molar-refractivity contribution in [1.82, 2.24) is 10.2 Å². The molecule has 1 fully saturated rings. The summed E-state index contributed by atoms with van der Waals surface area (Å²) < 4.78 is 5.09. The molecule has 1 amide bonds. The number of carboxylic acids is 1. The van der Waals surface area contributed by atoms with Gasteiger partial charge in [-0.2, -0.15) is 0 Å². The molecule has 1 rings (SSSR count). The SMILES string of the molecule is CCOCCNC(=O)CN1CCC[C@H]1C(=O)O.